The van der Waals surface area contributed by atoms with Crippen LogP contribution in [0, 0.1) is 0 Å². The number of aromatic nitrogens is 1. The smallest absolute Gasteiger partial charge is 0.198 e. The molecule has 2 aromatic rings. The zero-order valence-electron chi connectivity index (χ0n) is 9.48. The van der Waals surface area contributed by atoms with Crippen LogP contribution in [0.25, 0.3) is 11.1 Å². The van der Waals surface area contributed by atoms with Crippen LogP contribution >= 0.6 is 0 Å². The first-order valence-electron chi connectivity index (χ1n) is 6.13. The minimum absolute atomic E-state index is 0.447. The summed E-state index contributed by atoms with van der Waals surface area (Å²) in [5.41, 5.74) is 2.95. The quantitative estimate of drug-likeness (QED) is 0.880. The molecule has 4 rings (SSSR count). The number of benzene rings is 1. The summed E-state index contributed by atoms with van der Waals surface area (Å²) in [6.07, 6.45) is 2.44. The Labute approximate surface area is 99.0 Å². The maximum absolute atomic E-state index is 5.73. The minimum Gasteiger partial charge on any atom is -0.440 e. The van der Waals surface area contributed by atoms with Gasteiger partial charge in [0.25, 0.3) is 0 Å². The van der Waals surface area contributed by atoms with Gasteiger partial charge in [0.15, 0.2) is 11.5 Å². The van der Waals surface area contributed by atoms with E-state index in [0.717, 1.165) is 35.9 Å². The summed E-state index contributed by atoms with van der Waals surface area (Å²) in [6.45, 7) is 1.59. The fourth-order valence-electron chi connectivity index (χ4n) is 2.09. The second-order valence-electron chi connectivity index (χ2n) is 4.89. The molecule has 0 amide bonds. The Balaban J connectivity index is 1.65. The van der Waals surface area contributed by atoms with Gasteiger partial charge in [-0.3, -0.25) is 0 Å². The summed E-state index contributed by atoms with van der Waals surface area (Å²) in [7, 11) is 0. The number of hydrogen-bond acceptors (Lipinski definition) is 4. The molecule has 0 radical (unpaired) electrons. The molecule has 2 heterocycles. The monoisotopic (exact) mass is 230 g/mol. The first kappa shape index (κ1) is 9.48. The van der Waals surface area contributed by atoms with Crippen molar-refractivity contribution in [1.29, 1.82) is 0 Å². The lowest BCUT2D eigenvalue weighted by molar-refractivity contribution is 0.0211. The van der Waals surface area contributed by atoms with E-state index in [1.165, 1.54) is 12.8 Å². The van der Waals surface area contributed by atoms with Crippen LogP contribution in [-0.2, 0) is 4.74 Å². The third-order valence-corrected chi connectivity index (χ3v) is 3.34. The van der Waals surface area contributed by atoms with Crippen LogP contribution in [0.5, 0.6) is 0 Å². The highest BCUT2D eigenvalue weighted by Crippen LogP contribution is 2.40. The average molecular weight is 230 g/mol. The topological polar surface area (TPSA) is 47.3 Å². The summed E-state index contributed by atoms with van der Waals surface area (Å²) in [5, 5.41) is 3.42. The molecule has 1 saturated heterocycles. The first-order valence-corrected chi connectivity index (χ1v) is 6.13. The Hall–Kier alpha value is -1.55. The van der Waals surface area contributed by atoms with E-state index < -0.39 is 0 Å². The summed E-state index contributed by atoms with van der Waals surface area (Å²) >= 11 is 0. The van der Waals surface area contributed by atoms with Crippen LogP contribution in [-0.4, -0.2) is 24.2 Å². The summed E-state index contributed by atoms with van der Waals surface area (Å²) < 4.78 is 10.9. The van der Waals surface area contributed by atoms with Gasteiger partial charge in [0.05, 0.1) is 19.3 Å². The number of nitrogens with one attached hydrogen (secondary N) is 1. The molecule has 1 aliphatic heterocycles. The molecular weight excluding hydrogens is 216 g/mol. The summed E-state index contributed by atoms with van der Waals surface area (Å²) in [5.74, 6) is 1.47. The van der Waals surface area contributed by atoms with E-state index in [9.17, 15) is 0 Å². The van der Waals surface area contributed by atoms with Crippen molar-refractivity contribution >= 4 is 16.8 Å². The number of oxazole rings is 1. The van der Waals surface area contributed by atoms with Gasteiger partial charge in [0.2, 0.25) is 0 Å². The predicted octanol–water partition coefficient (Wildman–Crippen LogP) is 2.52. The summed E-state index contributed by atoms with van der Waals surface area (Å²) in [4.78, 5) is 4.55. The van der Waals surface area contributed by atoms with Crippen LogP contribution in [0.1, 0.15) is 24.7 Å². The number of ether oxygens (including phenoxy) is 1. The van der Waals surface area contributed by atoms with Crippen LogP contribution in [0.4, 0.5) is 5.69 Å². The zero-order valence-corrected chi connectivity index (χ0v) is 9.48. The van der Waals surface area contributed by atoms with Crippen LogP contribution < -0.4 is 5.32 Å². The Morgan fingerprint density at radius 3 is 2.82 bits per heavy atom. The van der Waals surface area contributed by atoms with E-state index in [2.05, 4.69) is 16.4 Å². The van der Waals surface area contributed by atoms with Gasteiger partial charge in [0.1, 0.15) is 5.52 Å². The number of nitrogens with zero attached hydrogens (tertiary/aromatic N) is 1. The zero-order chi connectivity index (χ0) is 11.2. The highest BCUT2D eigenvalue weighted by atomic mass is 16.5. The maximum atomic E-state index is 5.73. The Morgan fingerprint density at radius 2 is 2.12 bits per heavy atom. The summed E-state index contributed by atoms with van der Waals surface area (Å²) in [6, 6.07) is 6.55. The number of hydrogen-bond donors (Lipinski definition) is 1. The second-order valence-corrected chi connectivity index (χ2v) is 4.89. The largest absolute Gasteiger partial charge is 0.440 e. The third kappa shape index (κ3) is 1.69. The molecule has 0 bridgehead atoms. The molecule has 1 saturated carbocycles. The number of anilines is 1. The van der Waals surface area contributed by atoms with E-state index in [-0.39, 0.29) is 0 Å². The lowest BCUT2D eigenvalue weighted by atomic mass is 10.2. The molecule has 1 aromatic heterocycles. The molecule has 0 spiro atoms. The van der Waals surface area contributed by atoms with Crippen LogP contribution in [0.3, 0.4) is 0 Å². The predicted molar refractivity (Wildman–Crippen MR) is 64.2 cm³/mol. The Bertz CT molecular complexity index is 556. The lowest BCUT2D eigenvalue weighted by Crippen LogP contribution is -2.40. The van der Waals surface area contributed by atoms with Gasteiger partial charge in [-0.15, -0.1) is 0 Å². The van der Waals surface area contributed by atoms with Crippen molar-refractivity contribution in [3.05, 3.63) is 24.1 Å². The van der Waals surface area contributed by atoms with Crippen molar-refractivity contribution in [3.8, 4) is 0 Å². The number of rotatable bonds is 3. The Kier molecular flexibility index (Phi) is 1.93. The van der Waals surface area contributed by atoms with Crippen molar-refractivity contribution in [2.24, 2.45) is 0 Å². The van der Waals surface area contributed by atoms with Crippen molar-refractivity contribution in [2.45, 2.75) is 24.8 Å². The molecule has 0 atom stereocenters. The SMILES string of the molecule is c1cc2oc(C3CC3)nc2cc1NC1COC1. The molecule has 0 unspecified atom stereocenters. The Morgan fingerprint density at radius 1 is 1.24 bits per heavy atom. The van der Waals surface area contributed by atoms with Gasteiger partial charge >= 0.3 is 0 Å². The molecule has 2 aliphatic rings. The van der Waals surface area contributed by atoms with E-state index in [0.29, 0.717) is 12.0 Å². The molecule has 2 fully saturated rings. The molecule has 1 aliphatic carbocycles. The average Bonchev–Trinajstić information content (AvgIpc) is 3.04. The van der Waals surface area contributed by atoms with Gasteiger partial charge in [-0.05, 0) is 31.0 Å². The third-order valence-electron chi connectivity index (χ3n) is 3.34. The second kappa shape index (κ2) is 3.47. The van der Waals surface area contributed by atoms with E-state index in [4.69, 9.17) is 9.15 Å². The molecule has 4 nitrogen and oxygen atoms in total. The molecule has 17 heavy (non-hydrogen) atoms. The van der Waals surface area contributed by atoms with Crippen molar-refractivity contribution in [1.82, 2.24) is 4.98 Å². The molecule has 4 heteroatoms. The minimum atomic E-state index is 0.447. The maximum Gasteiger partial charge on any atom is 0.198 e. The van der Waals surface area contributed by atoms with Gasteiger partial charge in [-0.1, -0.05) is 0 Å². The van der Waals surface area contributed by atoms with Gasteiger partial charge in [0, 0.05) is 11.6 Å². The van der Waals surface area contributed by atoms with Gasteiger partial charge < -0.3 is 14.5 Å². The molecular formula is C13H14N2O2. The first-order chi connectivity index (χ1) is 8.38. The fraction of sp³-hybridized carbons (Fsp3) is 0.462. The standard InChI is InChI=1S/C13H14N2O2/c1-2-8(1)13-15-11-5-9(3-4-12(11)17-13)14-10-6-16-7-10/h3-5,8,10,14H,1-2,6-7H2. The molecule has 88 valence electrons. The van der Waals surface area contributed by atoms with Crippen LogP contribution in [0.15, 0.2) is 22.6 Å². The lowest BCUT2D eigenvalue weighted by Gasteiger charge is -2.27. The van der Waals surface area contributed by atoms with E-state index in [1.54, 1.807) is 0 Å². The number of fused-ring (bicyclic) bond motifs is 1. The highest BCUT2D eigenvalue weighted by Gasteiger charge is 2.29. The van der Waals surface area contributed by atoms with E-state index >= 15 is 0 Å². The van der Waals surface area contributed by atoms with Crippen LogP contribution in [0.2, 0.25) is 0 Å². The highest BCUT2D eigenvalue weighted by molar-refractivity contribution is 5.77. The molecule has 1 N–H and O–H groups in total. The van der Waals surface area contributed by atoms with E-state index in [1.807, 2.05) is 12.1 Å². The van der Waals surface area contributed by atoms with Gasteiger partial charge in [-0.25, -0.2) is 4.98 Å². The fourth-order valence-corrected chi connectivity index (χ4v) is 2.09. The van der Waals surface area contributed by atoms with Crippen molar-refractivity contribution in [3.63, 3.8) is 0 Å². The van der Waals surface area contributed by atoms with Crippen molar-refractivity contribution < 1.29 is 9.15 Å². The van der Waals surface area contributed by atoms with Crippen molar-refractivity contribution in [2.75, 3.05) is 18.5 Å². The van der Waals surface area contributed by atoms with Gasteiger partial charge in [-0.2, -0.15) is 0 Å². The molecule has 1 aromatic carbocycles. The normalized spacial score (nSPS) is 20.5.